The number of hydrogen-bond donors (Lipinski definition) is 1. The van der Waals surface area contributed by atoms with Crippen molar-refractivity contribution in [2.75, 3.05) is 24.5 Å². The summed E-state index contributed by atoms with van der Waals surface area (Å²) < 4.78 is 0. The highest BCUT2D eigenvalue weighted by atomic mass is 16.6. The number of anilines is 1. The van der Waals surface area contributed by atoms with Crippen LogP contribution in [0.2, 0.25) is 0 Å². The Bertz CT molecular complexity index is 440. The molecule has 0 spiro atoms. The Morgan fingerprint density at radius 3 is 2.61 bits per heavy atom. The average Bonchev–Trinajstić information content (AvgIpc) is 2.38. The highest BCUT2D eigenvalue weighted by Gasteiger charge is 2.20. The summed E-state index contributed by atoms with van der Waals surface area (Å²) in [4.78, 5) is 12.6. The van der Waals surface area contributed by atoms with Crippen molar-refractivity contribution < 1.29 is 4.92 Å². The summed E-state index contributed by atoms with van der Waals surface area (Å²) in [6.07, 6.45) is 2.21. The molecule has 0 amide bonds. The predicted octanol–water partition coefficient (Wildman–Crippen LogP) is 2.08. The van der Waals surface area contributed by atoms with E-state index < -0.39 is 0 Å². The maximum Gasteiger partial charge on any atom is 0.269 e. The summed E-state index contributed by atoms with van der Waals surface area (Å²) in [6, 6.07) is 5.08. The zero-order chi connectivity index (χ0) is 13.1. The quantitative estimate of drug-likeness (QED) is 0.657. The third-order valence-electron chi connectivity index (χ3n) is 3.68. The molecule has 5 nitrogen and oxygen atoms in total. The molecular formula is C13H19N3O2. The van der Waals surface area contributed by atoms with Crippen LogP contribution in [0, 0.1) is 23.0 Å². The van der Waals surface area contributed by atoms with E-state index in [-0.39, 0.29) is 10.6 Å². The maximum atomic E-state index is 10.7. The van der Waals surface area contributed by atoms with Gasteiger partial charge in [-0.25, -0.2) is 0 Å². The van der Waals surface area contributed by atoms with Crippen molar-refractivity contribution in [3.05, 3.63) is 33.9 Å². The molecule has 0 atom stereocenters. The van der Waals surface area contributed by atoms with Crippen molar-refractivity contribution in [3.63, 3.8) is 0 Å². The fraction of sp³-hybridized carbons (Fsp3) is 0.538. The highest BCUT2D eigenvalue weighted by molar-refractivity contribution is 5.57. The van der Waals surface area contributed by atoms with Gasteiger partial charge in [0, 0.05) is 30.9 Å². The molecule has 1 aliphatic rings. The predicted molar refractivity (Wildman–Crippen MR) is 71.8 cm³/mol. The van der Waals surface area contributed by atoms with Crippen LogP contribution in [0.3, 0.4) is 0 Å². The van der Waals surface area contributed by atoms with E-state index in [1.165, 1.54) is 0 Å². The second-order valence-electron chi connectivity index (χ2n) is 4.89. The van der Waals surface area contributed by atoms with Crippen LogP contribution in [0.15, 0.2) is 18.2 Å². The van der Waals surface area contributed by atoms with E-state index in [0.717, 1.165) is 43.7 Å². The van der Waals surface area contributed by atoms with Crippen molar-refractivity contribution in [3.8, 4) is 0 Å². The molecule has 1 aromatic rings. The van der Waals surface area contributed by atoms with Gasteiger partial charge in [0.2, 0.25) is 0 Å². The summed E-state index contributed by atoms with van der Waals surface area (Å²) in [5.41, 5.74) is 7.91. The molecule has 0 saturated carbocycles. The largest absolute Gasteiger partial charge is 0.371 e. The van der Waals surface area contributed by atoms with Crippen molar-refractivity contribution >= 4 is 11.4 Å². The van der Waals surface area contributed by atoms with Crippen molar-refractivity contribution in [1.29, 1.82) is 0 Å². The van der Waals surface area contributed by atoms with Gasteiger partial charge < -0.3 is 10.6 Å². The number of rotatable bonds is 3. The van der Waals surface area contributed by atoms with Gasteiger partial charge in [-0.05, 0) is 43.9 Å². The third-order valence-corrected chi connectivity index (χ3v) is 3.68. The molecule has 5 heteroatoms. The number of nitro benzene ring substituents is 1. The topological polar surface area (TPSA) is 72.4 Å². The van der Waals surface area contributed by atoms with Gasteiger partial charge in [0.25, 0.3) is 5.69 Å². The van der Waals surface area contributed by atoms with Crippen LogP contribution in [-0.4, -0.2) is 24.6 Å². The fourth-order valence-corrected chi connectivity index (χ4v) is 2.52. The molecule has 1 aromatic carbocycles. The van der Waals surface area contributed by atoms with Gasteiger partial charge >= 0.3 is 0 Å². The van der Waals surface area contributed by atoms with Crippen molar-refractivity contribution in [1.82, 2.24) is 0 Å². The first kappa shape index (κ1) is 12.8. The highest BCUT2D eigenvalue weighted by Crippen LogP contribution is 2.28. The zero-order valence-corrected chi connectivity index (χ0v) is 10.6. The molecule has 18 heavy (non-hydrogen) atoms. The standard InChI is InChI=1S/C13H19N3O2/c1-10-8-12(16(17)18)2-3-13(10)15-6-4-11(9-14)5-7-15/h2-3,8,11H,4-7,9,14H2,1H3. The first-order valence-corrected chi connectivity index (χ1v) is 6.32. The number of non-ortho nitro benzene ring substituents is 1. The molecular weight excluding hydrogens is 230 g/mol. The van der Waals surface area contributed by atoms with Crippen LogP contribution < -0.4 is 10.6 Å². The lowest BCUT2D eigenvalue weighted by Gasteiger charge is -2.34. The molecule has 1 aliphatic heterocycles. The van der Waals surface area contributed by atoms with E-state index in [9.17, 15) is 10.1 Å². The monoisotopic (exact) mass is 249 g/mol. The normalized spacial score (nSPS) is 16.9. The van der Waals surface area contributed by atoms with Crippen LogP contribution in [0.4, 0.5) is 11.4 Å². The summed E-state index contributed by atoms with van der Waals surface area (Å²) >= 11 is 0. The molecule has 0 aliphatic carbocycles. The van der Waals surface area contributed by atoms with E-state index in [1.807, 2.05) is 13.0 Å². The lowest BCUT2D eigenvalue weighted by Crippen LogP contribution is -2.36. The number of benzene rings is 1. The third kappa shape index (κ3) is 2.61. The maximum absolute atomic E-state index is 10.7. The summed E-state index contributed by atoms with van der Waals surface area (Å²) in [5.74, 6) is 0.625. The Hall–Kier alpha value is -1.62. The van der Waals surface area contributed by atoms with Gasteiger partial charge in [0.05, 0.1) is 4.92 Å². The van der Waals surface area contributed by atoms with Gasteiger partial charge in [-0.15, -0.1) is 0 Å². The van der Waals surface area contributed by atoms with Crippen LogP contribution >= 0.6 is 0 Å². The Kier molecular flexibility index (Phi) is 3.81. The molecule has 1 heterocycles. The lowest BCUT2D eigenvalue weighted by molar-refractivity contribution is -0.384. The molecule has 0 radical (unpaired) electrons. The number of piperidine rings is 1. The van der Waals surface area contributed by atoms with Crippen molar-refractivity contribution in [2.24, 2.45) is 11.7 Å². The molecule has 2 N–H and O–H groups in total. The number of hydrogen-bond acceptors (Lipinski definition) is 4. The van der Waals surface area contributed by atoms with Gasteiger partial charge in [-0.1, -0.05) is 0 Å². The van der Waals surface area contributed by atoms with Crippen LogP contribution in [0.25, 0.3) is 0 Å². The van der Waals surface area contributed by atoms with E-state index in [0.29, 0.717) is 5.92 Å². The second-order valence-corrected chi connectivity index (χ2v) is 4.89. The Morgan fingerprint density at radius 1 is 1.44 bits per heavy atom. The van der Waals surface area contributed by atoms with Crippen LogP contribution in [0.5, 0.6) is 0 Å². The molecule has 1 saturated heterocycles. The summed E-state index contributed by atoms with van der Waals surface area (Å²) in [6.45, 7) is 4.66. The van der Waals surface area contributed by atoms with E-state index in [2.05, 4.69) is 4.90 Å². The smallest absolute Gasteiger partial charge is 0.269 e. The lowest BCUT2D eigenvalue weighted by atomic mass is 9.96. The number of nitro groups is 1. The molecule has 0 bridgehead atoms. The Labute approximate surface area is 107 Å². The van der Waals surface area contributed by atoms with Crippen molar-refractivity contribution in [2.45, 2.75) is 19.8 Å². The SMILES string of the molecule is Cc1cc([N+](=O)[O-])ccc1N1CCC(CN)CC1. The summed E-state index contributed by atoms with van der Waals surface area (Å²) in [5, 5.41) is 10.7. The minimum absolute atomic E-state index is 0.160. The van der Waals surface area contributed by atoms with Gasteiger partial charge in [-0.3, -0.25) is 10.1 Å². The minimum atomic E-state index is -0.350. The summed E-state index contributed by atoms with van der Waals surface area (Å²) in [7, 11) is 0. The number of nitrogens with two attached hydrogens (primary N) is 1. The van der Waals surface area contributed by atoms with Gasteiger partial charge in [0.1, 0.15) is 0 Å². The molecule has 2 rings (SSSR count). The van der Waals surface area contributed by atoms with Gasteiger partial charge in [-0.2, -0.15) is 0 Å². The molecule has 98 valence electrons. The number of nitrogens with zero attached hydrogens (tertiary/aromatic N) is 2. The first-order chi connectivity index (χ1) is 8.61. The minimum Gasteiger partial charge on any atom is -0.371 e. The zero-order valence-electron chi connectivity index (χ0n) is 10.6. The van der Waals surface area contributed by atoms with E-state index in [1.54, 1.807) is 12.1 Å². The Balaban J connectivity index is 2.12. The average molecular weight is 249 g/mol. The van der Waals surface area contributed by atoms with E-state index in [4.69, 9.17) is 5.73 Å². The Morgan fingerprint density at radius 2 is 2.11 bits per heavy atom. The van der Waals surface area contributed by atoms with Gasteiger partial charge in [0.15, 0.2) is 0 Å². The molecule has 0 unspecified atom stereocenters. The van der Waals surface area contributed by atoms with Crippen LogP contribution in [-0.2, 0) is 0 Å². The van der Waals surface area contributed by atoms with E-state index >= 15 is 0 Å². The first-order valence-electron chi connectivity index (χ1n) is 6.32. The fourth-order valence-electron chi connectivity index (χ4n) is 2.52. The van der Waals surface area contributed by atoms with Crippen LogP contribution in [0.1, 0.15) is 18.4 Å². The number of aryl methyl sites for hydroxylation is 1. The second kappa shape index (κ2) is 5.35. The molecule has 1 fully saturated rings. The molecule has 0 aromatic heterocycles.